The first-order valence-corrected chi connectivity index (χ1v) is 11.9. The molecule has 0 aromatic carbocycles. The average Bonchev–Trinajstić information content (AvgIpc) is 3.43. The van der Waals surface area contributed by atoms with Crippen LogP contribution in [0.2, 0.25) is 0 Å². The summed E-state index contributed by atoms with van der Waals surface area (Å²) in [5, 5.41) is 11.0. The van der Waals surface area contributed by atoms with Gasteiger partial charge in [0.15, 0.2) is 0 Å². The Morgan fingerprint density at radius 2 is 1.69 bits per heavy atom. The van der Waals surface area contributed by atoms with E-state index in [1.54, 1.807) is 0 Å². The summed E-state index contributed by atoms with van der Waals surface area (Å²) in [6, 6.07) is 2.76. The van der Waals surface area contributed by atoms with Gasteiger partial charge in [-0.25, -0.2) is 0 Å². The molecule has 196 valence electrons. The van der Waals surface area contributed by atoms with Gasteiger partial charge in [-0.3, -0.25) is 4.98 Å². The maximum Gasteiger partial charge on any atom is 0.433 e. The van der Waals surface area contributed by atoms with Gasteiger partial charge in [0.2, 0.25) is 0 Å². The van der Waals surface area contributed by atoms with Crippen LogP contribution in [0.15, 0.2) is 24.4 Å². The van der Waals surface area contributed by atoms with E-state index >= 15 is 0 Å². The quantitative estimate of drug-likeness (QED) is 0.556. The molecule has 1 saturated carbocycles. The summed E-state index contributed by atoms with van der Waals surface area (Å²) in [4.78, 5) is 5.10. The molecule has 2 unspecified atom stereocenters. The van der Waals surface area contributed by atoms with Gasteiger partial charge in [0.05, 0.1) is 11.3 Å². The Bertz CT molecular complexity index is 1130. The predicted octanol–water partition coefficient (Wildman–Crippen LogP) is 5.13. The minimum absolute atomic E-state index is 0.0196. The van der Waals surface area contributed by atoms with Crippen LogP contribution >= 0.6 is 0 Å². The number of alkyl halides is 6. The molecule has 1 N–H and O–H groups in total. The summed E-state index contributed by atoms with van der Waals surface area (Å²) in [6.07, 6.45) is -6.50. The number of nitrogens with one attached hydrogen (secondary N) is 1. The maximum absolute atomic E-state index is 13.5. The Kier molecular flexibility index (Phi) is 6.16. The summed E-state index contributed by atoms with van der Waals surface area (Å²) in [5.74, 6) is 0.946. The highest BCUT2D eigenvalue weighted by atomic mass is 19.4. The number of halogens is 6. The fourth-order valence-electron chi connectivity index (χ4n) is 5.42. The molecule has 2 saturated heterocycles. The third kappa shape index (κ3) is 5.59. The van der Waals surface area contributed by atoms with E-state index in [2.05, 4.69) is 20.5 Å². The first kappa shape index (κ1) is 22.7. The number of rotatable bonds is 5. The molecule has 6 nitrogen and oxygen atoms in total. The highest BCUT2D eigenvalue weighted by molar-refractivity contribution is 5.64. The van der Waals surface area contributed by atoms with Crippen molar-refractivity contribution >= 4 is 5.82 Å². The van der Waals surface area contributed by atoms with Crippen LogP contribution in [0, 0.1) is 17.8 Å². The molecule has 0 amide bonds. The van der Waals surface area contributed by atoms with E-state index in [0.29, 0.717) is 63.0 Å². The van der Waals surface area contributed by atoms with E-state index in [9.17, 15) is 26.3 Å². The molecule has 36 heavy (non-hydrogen) atoms. The Morgan fingerprint density at radius 3 is 2.28 bits per heavy atom. The van der Waals surface area contributed by atoms with Gasteiger partial charge in [-0.15, -0.1) is 10.2 Å². The Balaban J connectivity index is 1.22. The monoisotopic (exact) mass is 517 g/mol. The Labute approximate surface area is 207 Å². The molecule has 0 spiro atoms. The second-order valence-electron chi connectivity index (χ2n) is 9.67. The van der Waals surface area contributed by atoms with Crippen LogP contribution in [-0.2, 0) is 17.1 Å². The molecule has 0 radical (unpaired) electrons. The number of fused-ring (bicyclic) bond motifs is 1. The Morgan fingerprint density at radius 1 is 1.00 bits per heavy atom. The highest BCUT2D eigenvalue weighted by Crippen LogP contribution is 2.41. The molecular weight excluding hydrogens is 488 g/mol. The Hall–Kier alpha value is -2.47. The van der Waals surface area contributed by atoms with Crippen LogP contribution in [0.1, 0.15) is 39.7 Å². The fraction of sp³-hybridized carbons (Fsp3) is 0.625. The summed E-state index contributed by atoms with van der Waals surface area (Å²) in [5.41, 5.74) is -3.94. The van der Waals surface area contributed by atoms with Crippen LogP contribution in [0.4, 0.5) is 32.2 Å². The molecule has 2 aliphatic heterocycles. The number of nitrogens with zero attached hydrogens (tertiary/aromatic N) is 4. The van der Waals surface area contributed by atoms with Crippen molar-refractivity contribution in [3.8, 4) is 11.3 Å². The van der Waals surface area contributed by atoms with Crippen LogP contribution in [-0.4, -0.2) is 58.9 Å². The smallest absolute Gasteiger partial charge is 0.381 e. The van der Waals surface area contributed by atoms with Crippen molar-refractivity contribution in [1.29, 1.82) is 0 Å². The fourth-order valence-corrected chi connectivity index (χ4v) is 5.42. The molecule has 3 fully saturated rings. The molecule has 2 aromatic rings. The van der Waals surface area contributed by atoms with Gasteiger partial charge in [-0.1, -0.05) is 0 Å². The summed E-state index contributed by atoms with van der Waals surface area (Å²) < 4.78 is 102. The molecule has 0 bridgehead atoms. The topological polar surface area (TPSA) is 63.2 Å². The van der Waals surface area contributed by atoms with E-state index < -0.39 is 35.7 Å². The zero-order valence-electron chi connectivity index (χ0n) is 21.2. The number of ether oxygens (including phenoxy) is 1. The summed E-state index contributed by atoms with van der Waals surface area (Å²) in [6.45, 7) is 1.13. The van der Waals surface area contributed by atoms with E-state index in [4.69, 9.17) is 7.48 Å². The predicted molar refractivity (Wildman–Crippen MR) is 119 cm³/mol. The average molecular weight is 518 g/mol. The lowest BCUT2D eigenvalue weighted by molar-refractivity contribution is -0.145. The second kappa shape index (κ2) is 9.77. The first-order valence-electron chi connectivity index (χ1n) is 12.9. The van der Waals surface area contributed by atoms with Gasteiger partial charge in [-0.2, -0.15) is 26.3 Å². The minimum Gasteiger partial charge on any atom is -0.381 e. The van der Waals surface area contributed by atoms with Crippen molar-refractivity contribution < 1.29 is 33.8 Å². The number of likely N-dealkylation sites (tertiary alicyclic amines) is 1. The number of pyridine rings is 1. The van der Waals surface area contributed by atoms with Gasteiger partial charge in [0.25, 0.3) is 0 Å². The molecule has 12 heteroatoms. The molecule has 3 aliphatic rings. The molecule has 2 aromatic heterocycles. The lowest BCUT2D eigenvalue weighted by atomic mass is 10.00. The maximum atomic E-state index is 13.5. The van der Waals surface area contributed by atoms with E-state index in [1.165, 1.54) is 12.1 Å². The van der Waals surface area contributed by atoms with Crippen molar-refractivity contribution in [3.63, 3.8) is 0 Å². The lowest BCUT2D eigenvalue weighted by Crippen LogP contribution is -2.32. The lowest BCUT2D eigenvalue weighted by Gasteiger charge is -2.27. The molecule has 4 heterocycles. The van der Waals surface area contributed by atoms with Crippen molar-refractivity contribution in [3.05, 3.63) is 35.7 Å². The number of aromatic nitrogens is 3. The standard InChI is InChI=1S/C24H27F6N5O/c25-23(26,27)19-9-21(24(28,29)30)31-10-18(19)20-1-2-22(34-33-20)32-17-7-15-12-35(13-16(15)8-17)11-14-3-5-36-6-4-14/h1-2,9-10,14-17H,3-8,11-13H2,(H,32,34)/i11D2. The van der Waals surface area contributed by atoms with E-state index in [1.807, 2.05) is 4.90 Å². The number of anilines is 1. The van der Waals surface area contributed by atoms with Crippen LogP contribution in [0.25, 0.3) is 11.3 Å². The van der Waals surface area contributed by atoms with Crippen molar-refractivity contribution in [2.75, 3.05) is 38.1 Å². The second-order valence-corrected chi connectivity index (χ2v) is 9.67. The van der Waals surface area contributed by atoms with Gasteiger partial charge in [-0.05, 0) is 61.6 Å². The van der Waals surface area contributed by atoms with Crippen molar-refractivity contribution in [2.24, 2.45) is 17.8 Å². The molecule has 2 atom stereocenters. The third-order valence-electron chi connectivity index (χ3n) is 7.13. The van der Waals surface area contributed by atoms with Gasteiger partial charge in [0, 0.05) is 53.3 Å². The molecule has 5 rings (SSSR count). The van der Waals surface area contributed by atoms with Crippen molar-refractivity contribution in [2.45, 2.75) is 44.1 Å². The van der Waals surface area contributed by atoms with Crippen LogP contribution < -0.4 is 5.32 Å². The minimum atomic E-state index is -5.03. The van der Waals surface area contributed by atoms with Crippen LogP contribution in [0.5, 0.6) is 0 Å². The zero-order chi connectivity index (χ0) is 27.3. The zero-order valence-corrected chi connectivity index (χ0v) is 19.2. The van der Waals surface area contributed by atoms with Crippen LogP contribution in [0.3, 0.4) is 0 Å². The first-order chi connectivity index (χ1) is 17.8. The van der Waals surface area contributed by atoms with Gasteiger partial charge < -0.3 is 15.0 Å². The normalized spacial score (nSPS) is 27.0. The van der Waals surface area contributed by atoms with Gasteiger partial charge >= 0.3 is 12.4 Å². The number of hydrogen-bond donors (Lipinski definition) is 1. The molecule has 1 aliphatic carbocycles. The van der Waals surface area contributed by atoms with E-state index in [-0.39, 0.29) is 23.7 Å². The van der Waals surface area contributed by atoms with Crippen molar-refractivity contribution in [1.82, 2.24) is 20.1 Å². The number of hydrogen-bond acceptors (Lipinski definition) is 6. The largest absolute Gasteiger partial charge is 0.433 e. The van der Waals surface area contributed by atoms with Gasteiger partial charge in [0.1, 0.15) is 11.5 Å². The SMILES string of the molecule is [2H]C([2H])(C1CCOCC1)N1CC2CC(Nc3ccc(-c4cnc(C(F)(F)F)cc4C(F)(F)F)nn3)CC2C1. The third-order valence-corrected chi connectivity index (χ3v) is 7.13. The summed E-state index contributed by atoms with van der Waals surface area (Å²) >= 11 is 0. The summed E-state index contributed by atoms with van der Waals surface area (Å²) in [7, 11) is 0. The van der Waals surface area contributed by atoms with E-state index in [0.717, 1.165) is 12.8 Å². The highest BCUT2D eigenvalue weighted by Gasteiger charge is 2.42. The molecular formula is C24H27F6N5O.